The average molecular weight is 295 g/mol. The summed E-state index contributed by atoms with van der Waals surface area (Å²) in [6.07, 6.45) is 5.13. The van der Waals surface area contributed by atoms with Crippen molar-refractivity contribution in [2.24, 2.45) is 17.3 Å². The molecule has 2 aliphatic carbocycles. The van der Waals surface area contributed by atoms with E-state index in [9.17, 15) is 14.9 Å². The van der Waals surface area contributed by atoms with Crippen LogP contribution >= 0.6 is 0 Å². The average Bonchev–Trinajstić information content (AvgIpc) is 2.63. The Balaban J connectivity index is 2.11. The van der Waals surface area contributed by atoms with Crippen molar-refractivity contribution >= 4 is 5.97 Å². The second kappa shape index (κ2) is 5.43. The first-order valence-electron chi connectivity index (χ1n) is 7.68. The van der Waals surface area contributed by atoms with Crippen LogP contribution < -0.4 is 0 Å². The summed E-state index contributed by atoms with van der Waals surface area (Å²) in [6.45, 7) is 7.43. The van der Waals surface area contributed by atoms with E-state index in [2.05, 4.69) is 13.0 Å². The summed E-state index contributed by atoms with van der Waals surface area (Å²) in [5.74, 6) is 0.342. The van der Waals surface area contributed by atoms with E-state index in [0.717, 1.165) is 19.3 Å². The SMILES string of the molecule is CCC1=C[C@@H]2[C@H](C1)CC2(CC(=O)OC(C)(C)C)C[N+](=O)[O-]. The van der Waals surface area contributed by atoms with E-state index in [1.165, 1.54) is 5.57 Å². The fourth-order valence-corrected chi connectivity index (χ4v) is 3.90. The molecular weight excluding hydrogens is 270 g/mol. The second-order valence-electron chi connectivity index (χ2n) is 7.49. The van der Waals surface area contributed by atoms with Gasteiger partial charge in [-0.2, -0.15) is 0 Å². The Bertz CT molecular complexity index is 477. The van der Waals surface area contributed by atoms with E-state index in [1.54, 1.807) is 0 Å². The second-order valence-corrected chi connectivity index (χ2v) is 7.49. The van der Waals surface area contributed by atoms with Crippen LogP contribution in [0.15, 0.2) is 11.6 Å². The monoisotopic (exact) mass is 295 g/mol. The van der Waals surface area contributed by atoms with Crippen molar-refractivity contribution in [2.75, 3.05) is 6.54 Å². The van der Waals surface area contributed by atoms with Crippen molar-refractivity contribution < 1.29 is 14.5 Å². The lowest BCUT2D eigenvalue weighted by Crippen LogP contribution is -2.51. The molecule has 0 aromatic rings. The Kier molecular flexibility index (Phi) is 4.13. The molecule has 2 rings (SSSR count). The molecule has 0 radical (unpaired) electrons. The summed E-state index contributed by atoms with van der Waals surface area (Å²) in [7, 11) is 0. The number of carbonyl (C=O) groups is 1. The van der Waals surface area contributed by atoms with E-state index < -0.39 is 11.0 Å². The lowest BCUT2D eigenvalue weighted by Gasteiger charge is -2.49. The molecule has 0 heterocycles. The van der Waals surface area contributed by atoms with Crippen molar-refractivity contribution in [1.29, 1.82) is 0 Å². The maximum Gasteiger partial charge on any atom is 0.307 e. The minimum absolute atomic E-state index is 0.138. The van der Waals surface area contributed by atoms with Gasteiger partial charge in [0.1, 0.15) is 5.60 Å². The van der Waals surface area contributed by atoms with Gasteiger partial charge < -0.3 is 4.74 Å². The zero-order valence-corrected chi connectivity index (χ0v) is 13.3. The molecule has 5 heteroatoms. The van der Waals surface area contributed by atoms with Gasteiger partial charge in [-0.25, -0.2) is 0 Å². The van der Waals surface area contributed by atoms with Crippen molar-refractivity contribution in [3.05, 3.63) is 21.8 Å². The van der Waals surface area contributed by atoms with Crippen molar-refractivity contribution in [1.82, 2.24) is 0 Å². The molecule has 3 atom stereocenters. The van der Waals surface area contributed by atoms with Crippen LogP contribution in [0.4, 0.5) is 0 Å². The molecule has 1 saturated carbocycles. The fraction of sp³-hybridized carbons (Fsp3) is 0.812. The number of hydrogen-bond donors (Lipinski definition) is 0. The number of nitrogens with zero attached hydrogens (tertiary/aromatic N) is 1. The number of nitro groups is 1. The van der Waals surface area contributed by atoms with Gasteiger partial charge in [0.05, 0.1) is 11.8 Å². The minimum Gasteiger partial charge on any atom is -0.460 e. The van der Waals surface area contributed by atoms with Gasteiger partial charge in [0.15, 0.2) is 0 Å². The van der Waals surface area contributed by atoms with Gasteiger partial charge in [-0.1, -0.05) is 18.6 Å². The van der Waals surface area contributed by atoms with Crippen molar-refractivity contribution in [3.63, 3.8) is 0 Å². The van der Waals surface area contributed by atoms with Crippen LogP contribution in [-0.2, 0) is 9.53 Å². The lowest BCUT2D eigenvalue weighted by molar-refractivity contribution is -0.506. The summed E-state index contributed by atoms with van der Waals surface area (Å²) in [5.41, 5.74) is 0.295. The summed E-state index contributed by atoms with van der Waals surface area (Å²) >= 11 is 0. The van der Waals surface area contributed by atoms with Crippen LogP contribution in [0.1, 0.15) is 53.4 Å². The van der Waals surface area contributed by atoms with E-state index in [-0.39, 0.29) is 29.8 Å². The zero-order chi connectivity index (χ0) is 15.8. The number of hydrogen-bond acceptors (Lipinski definition) is 4. The van der Waals surface area contributed by atoms with Crippen LogP contribution in [0.3, 0.4) is 0 Å². The highest BCUT2D eigenvalue weighted by atomic mass is 16.6. The molecule has 1 unspecified atom stereocenters. The Morgan fingerprint density at radius 2 is 2.19 bits per heavy atom. The summed E-state index contributed by atoms with van der Waals surface area (Å²) < 4.78 is 5.37. The fourth-order valence-electron chi connectivity index (χ4n) is 3.90. The zero-order valence-electron chi connectivity index (χ0n) is 13.3. The normalized spacial score (nSPS) is 31.1. The molecule has 0 amide bonds. The number of fused-ring (bicyclic) bond motifs is 1. The van der Waals surface area contributed by atoms with Crippen LogP contribution in [0.25, 0.3) is 0 Å². The number of allylic oxidation sites excluding steroid dienone is 2. The molecule has 0 saturated heterocycles. The Hall–Kier alpha value is -1.39. The van der Waals surface area contributed by atoms with Crippen LogP contribution in [0.5, 0.6) is 0 Å². The van der Waals surface area contributed by atoms with Gasteiger partial charge in [0.25, 0.3) is 0 Å². The molecule has 2 aliphatic rings. The van der Waals surface area contributed by atoms with Crippen molar-refractivity contribution in [2.45, 2.75) is 59.0 Å². The van der Waals surface area contributed by atoms with Gasteiger partial charge in [-0.3, -0.25) is 14.9 Å². The van der Waals surface area contributed by atoms with Gasteiger partial charge in [-0.05, 0) is 51.9 Å². The third-order valence-corrected chi connectivity index (χ3v) is 4.64. The Morgan fingerprint density at radius 1 is 1.52 bits per heavy atom. The highest BCUT2D eigenvalue weighted by molar-refractivity contribution is 5.71. The molecular formula is C16H25NO4. The predicted molar refractivity (Wildman–Crippen MR) is 79.3 cm³/mol. The van der Waals surface area contributed by atoms with Crippen molar-refractivity contribution in [3.8, 4) is 0 Å². The number of ether oxygens (including phenoxy) is 1. The summed E-state index contributed by atoms with van der Waals surface area (Å²) in [4.78, 5) is 22.9. The van der Waals surface area contributed by atoms with Crippen LogP contribution in [-0.4, -0.2) is 23.0 Å². The number of esters is 1. The van der Waals surface area contributed by atoms with Crippen LogP contribution in [0, 0.1) is 27.4 Å². The maximum atomic E-state index is 12.1. The highest BCUT2D eigenvalue weighted by Gasteiger charge is 2.58. The first-order chi connectivity index (χ1) is 9.65. The molecule has 5 nitrogen and oxygen atoms in total. The van der Waals surface area contributed by atoms with E-state index in [4.69, 9.17) is 4.74 Å². The van der Waals surface area contributed by atoms with Crippen LogP contribution in [0.2, 0.25) is 0 Å². The molecule has 1 fully saturated rings. The minimum atomic E-state index is -0.546. The third kappa shape index (κ3) is 3.44. The Morgan fingerprint density at radius 3 is 2.71 bits per heavy atom. The first kappa shape index (κ1) is 16.0. The Labute approximate surface area is 125 Å². The van der Waals surface area contributed by atoms with Gasteiger partial charge in [-0.15, -0.1) is 0 Å². The molecule has 118 valence electrons. The number of carbonyl (C=O) groups excluding carboxylic acids is 1. The molecule has 0 aliphatic heterocycles. The molecule has 0 aromatic heterocycles. The highest BCUT2D eigenvalue weighted by Crippen LogP contribution is 2.60. The summed E-state index contributed by atoms with van der Waals surface area (Å²) in [6, 6.07) is 0. The van der Waals surface area contributed by atoms with E-state index >= 15 is 0 Å². The smallest absolute Gasteiger partial charge is 0.307 e. The first-order valence-corrected chi connectivity index (χ1v) is 7.68. The van der Waals surface area contributed by atoms with Gasteiger partial charge in [0, 0.05) is 4.92 Å². The largest absolute Gasteiger partial charge is 0.460 e. The van der Waals surface area contributed by atoms with Gasteiger partial charge >= 0.3 is 5.97 Å². The quantitative estimate of drug-likeness (QED) is 0.337. The summed E-state index contributed by atoms with van der Waals surface area (Å²) in [5, 5.41) is 11.0. The molecule has 0 N–H and O–H groups in total. The molecule has 0 bridgehead atoms. The predicted octanol–water partition coefficient (Wildman–Crippen LogP) is 3.36. The molecule has 0 aromatic carbocycles. The molecule has 0 spiro atoms. The lowest BCUT2D eigenvalue weighted by atomic mass is 9.53. The topological polar surface area (TPSA) is 69.4 Å². The molecule has 21 heavy (non-hydrogen) atoms. The van der Waals surface area contributed by atoms with E-state index in [1.807, 2.05) is 20.8 Å². The number of rotatable bonds is 5. The standard InChI is InChI=1S/C16H25NO4/c1-5-11-6-12-8-16(10-17(19)20,13(12)7-11)9-14(18)21-15(2,3)4/h7,12-13H,5-6,8-10H2,1-4H3/t12-,13-,16?/m1/s1. The van der Waals surface area contributed by atoms with Gasteiger partial charge in [0.2, 0.25) is 6.54 Å². The maximum absolute atomic E-state index is 12.1. The third-order valence-electron chi connectivity index (χ3n) is 4.64. The van der Waals surface area contributed by atoms with E-state index in [0.29, 0.717) is 5.92 Å².